The Morgan fingerprint density at radius 1 is 0.733 bits per heavy atom. The van der Waals surface area contributed by atoms with Crippen molar-refractivity contribution in [2.45, 2.75) is 0 Å². The zero-order valence-electron chi connectivity index (χ0n) is 6.22. The standard InChI is InChI=1S/2ClHO4.H2O4S/c2*2-1(3,4)5;1-5(2,3)4/h2*(H,2,3,4,5);(H2,1,2,3,4). The highest BCUT2D eigenvalue weighted by molar-refractivity contribution is 7.79. The van der Waals surface area contributed by atoms with Crippen molar-refractivity contribution < 1.29 is 75.3 Å². The first-order valence-corrected chi connectivity index (χ1v) is 5.89. The Bertz CT molecular complexity index is 193. The second-order valence-corrected chi connectivity index (χ2v) is 3.72. The van der Waals surface area contributed by atoms with E-state index in [-0.39, 0.29) is 0 Å². The molecule has 0 aromatic heterocycles. The van der Waals surface area contributed by atoms with Gasteiger partial charge in [-0.25, -0.2) is 0 Å². The number of rotatable bonds is 0. The summed E-state index contributed by atoms with van der Waals surface area (Å²) in [5.74, 6) is 0. The van der Waals surface area contributed by atoms with E-state index in [0.717, 1.165) is 0 Å². The van der Waals surface area contributed by atoms with Crippen molar-refractivity contribution in [2.24, 2.45) is 0 Å². The first-order chi connectivity index (χ1) is 6.00. The summed E-state index contributed by atoms with van der Waals surface area (Å²) < 4.78 is 97.0. The fraction of sp³-hybridized carbons (Fsp3) is 0. The molecule has 12 nitrogen and oxygen atoms in total. The smallest absolute Gasteiger partial charge is 0.264 e. The van der Waals surface area contributed by atoms with Gasteiger partial charge in [0.2, 0.25) is 0 Å². The van der Waals surface area contributed by atoms with Gasteiger partial charge in [-0.3, -0.25) is 9.11 Å². The molecule has 15 heavy (non-hydrogen) atoms. The summed E-state index contributed by atoms with van der Waals surface area (Å²) in [5.41, 5.74) is 0. The van der Waals surface area contributed by atoms with Crippen molar-refractivity contribution in [1.82, 2.24) is 0 Å². The van der Waals surface area contributed by atoms with Crippen LogP contribution in [0.25, 0.3) is 0 Å². The summed E-state index contributed by atoms with van der Waals surface area (Å²) in [6, 6.07) is 0. The molecule has 0 saturated carbocycles. The van der Waals surface area contributed by atoms with Gasteiger partial charge < -0.3 is 0 Å². The van der Waals surface area contributed by atoms with E-state index in [2.05, 4.69) is 0 Å². The summed E-state index contributed by atoms with van der Waals surface area (Å²) in [4.78, 5) is 0. The van der Waals surface area contributed by atoms with Gasteiger partial charge in [0, 0.05) is 0 Å². The molecule has 0 radical (unpaired) electrons. The van der Waals surface area contributed by atoms with E-state index in [0.29, 0.717) is 0 Å². The van der Waals surface area contributed by atoms with E-state index < -0.39 is 30.9 Å². The number of hydrogen-bond donors (Lipinski definition) is 4. The molecule has 0 rings (SSSR count). The Balaban J connectivity index is -0.000000144. The molecule has 0 aliphatic rings. The van der Waals surface area contributed by atoms with Crippen LogP contribution in [-0.2, 0) is 10.4 Å². The van der Waals surface area contributed by atoms with Crippen LogP contribution in [-0.4, -0.2) is 26.8 Å². The molecule has 0 saturated heterocycles. The lowest BCUT2D eigenvalue weighted by atomic mass is 15.8. The second-order valence-electron chi connectivity index (χ2n) is 1.24. The first-order valence-electron chi connectivity index (χ1n) is 1.96. The highest BCUT2D eigenvalue weighted by Gasteiger charge is 1.99. The first kappa shape index (κ1) is 20.5. The van der Waals surface area contributed by atoms with Crippen LogP contribution in [0.5, 0.6) is 0 Å². The monoisotopic (exact) mass is 298 g/mol. The lowest BCUT2D eigenvalue weighted by Crippen LogP contribution is -2.58. The van der Waals surface area contributed by atoms with Crippen LogP contribution in [0, 0.1) is 20.5 Å². The lowest BCUT2D eigenvalue weighted by Gasteiger charge is -2.03. The highest BCUT2D eigenvalue weighted by atomic mass is 35.7. The molecule has 0 aromatic carbocycles. The Hall–Kier alpha value is 0.130. The zero-order valence-corrected chi connectivity index (χ0v) is 8.55. The average Bonchev–Trinajstić information content (AvgIpc) is 1.41. The van der Waals surface area contributed by atoms with Gasteiger partial charge in [0.25, 0.3) is 0 Å². The predicted octanol–water partition coefficient (Wildman–Crippen LogP) is -8.90. The van der Waals surface area contributed by atoms with E-state index in [1.807, 2.05) is 0 Å². The van der Waals surface area contributed by atoms with Crippen LogP contribution in [0.3, 0.4) is 0 Å². The minimum atomic E-state index is -4.69. The van der Waals surface area contributed by atoms with E-state index in [9.17, 15) is 0 Å². The van der Waals surface area contributed by atoms with Crippen LogP contribution in [0.2, 0.25) is 0 Å². The molecule has 0 bridgehead atoms. The van der Waals surface area contributed by atoms with Crippen LogP contribution >= 0.6 is 0 Å². The Morgan fingerprint density at radius 3 is 0.733 bits per heavy atom. The van der Waals surface area contributed by atoms with Crippen molar-refractivity contribution >= 4 is 10.4 Å². The van der Waals surface area contributed by atoms with Gasteiger partial charge >= 0.3 is 10.4 Å². The maximum Gasteiger partial charge on any atom is 0.394 e. The van der Waals surface area contributed by atoms with E-state index in [1.54, 1.807) is 0 Å². The number of hydrogen-bond acceptors (Lipinski definition) is 10. The SMILES string of the molecule is O=S(=O)(O)O.[O-][Cl+3]([O-])([O-])O.[O-][Cl+3]([O-])([O-])O. The molecule has 0 amide bonds. The summed E-state index contributed by atoms with van der Waals surface area (Å²) in [6.45, 7) is 0. The maximum absolute atomic E-state index is 8.74. The Kier molecular flexibility index (Phi) is 10.1. The third kappa shape index (κ3) is 123000. The number of halogens is 2. The largest absolute Gasteiger partial charge is 0.394 e. The van der Waals surface area contributed by atoms with Crippen molar-refractivity contribution in [3.63, 3.8) is 0 Å². The van der Waals surface area contributed by atoms with E-state index >= 15 is 0 Å². The average molecular weight is 299 g/mol. The fourth-order valence-electron chi connectivity index (χ4n) is 0. The molecular weight excluding hydrogens is 295 g/mol. The summed E-state index contributed by atoms with van der Waals surface area (Å²) in [6.07, 6.45) is 0. The van der Waals surface area contributed by atoms with Gasteiger partial charge in [-0.15, -0.1) is 0 Å². The maximum atomic E-state index is 8.74. The lowest BCUT2D eigenvalue weighted by molar-refractivity contribution is -1.92. The summed E-state index contributed by atoms with van der Waals surface area (Å²) in [5, 5.41) is 0. The Morgan fingerprint density at radius 2 is 0.733 bits per heavy atom. The third-order valence-electron chi connectivity index (χ3n) is 0. The molecule has 0 atom stereocenters. The topological polar surface area (TPSA) is 253 Å². The van der Waals surface area contributed by atoms with Crippen molar-refractivity contribution in [3.05, 3.63) is 0 Å². The molecule has 96 valence electrons. The minimum Gasteiger partial charge on any atom is -0.264 e. The van der Waals surface area contributed by atoms with E-state index in [1.165, 1.54) is 0 Å². The summed E-state index contributed by atoms with van der Waals surface area (Å²) >= 11 is 0. The second kappa shape index (κ2) is 7.41. The van der Waals surface area contributed by atoms with Crippen LogP contribution < -0.4 is 28.0 Å². The van der Waals surface area contributed by atoms with Gasteiger partial charge in [0.1, 0.15) is 0 Å². The molecule has 0 unspecified atom stereocenters. The van der Waals surface area contributed by atoms with Gasteiger partial charge in [0.05, 0.1) is 29.8 Å². The van der Waals surface area contributed by atoms with Crippen LogP contribution in [0.15, 0.2) is 0 Å². The minimum absolute atomic E-state index is 4.67. The molecule has 0 spiro atoms. The van der Waals surface area contributed by atoms with Gasteiger partial charge in [-0.2, -0.15) is 36.4 Å². The normalized spacial score (nSPS) is 11.9. The third-order valence-corrected chi connectivity index (χ3v) is 0. The highest BCUT2D eigenvalue weighted by Crippen LogP contribution is 1.61. The molecule has 0 heterocycles. The van der Waals surface area contributed by atoms with Crippen molar-refractivity contribution in [2.75, 3.05) is 0 Å². The molecule has 0 aliphatic heterocycles. The fourth-order valence-corrected chi connectivity index (χ4v) is 0. The van der Waals surface area contributed by atoms with Gasteiger partial charge in [-0.1, -0.05) is 0 Å². The van der Waals surface area contributed by atoms with Crippen LogP contribution in [0.4, 0.5) is 0 Å². The molecular formula is H4Cl2O12S. The predicted molar refractivity (Wildman–Crippen MR) is 18.6 cm³/mol. The molecule has 4 N–H and O–H groups in total. The van der Waals surface area contributed by atoms with Gasteiger partial charge in [-0.05, 0) is 0 Å². The molecule has 0 aromatic rings. The quantitative estimate of drug-likeness (QED) is 0.304. The van der Waals surface area contributed by atoms with Crippen molar-refractivity contribution in [3.8, 4) is 0 Å². The Labute approximate surface area is 86.3 Å². The van der Waals surface area contributed by atoms with Crippen LogP contribution in [0.1, 0.15) is 0 Å². The van der Waals surface area contributed by atoms with E-state index in [4.69, 9.17) is 54.8 Å². The molecule has 15 heteroatoms. The molecule has 0 aliphatic carbocycles. The van der Waals surface area contributed by atoms with Gasteiger partial charge in [0.15, 0.2) is 0 Å². The van der Waals surface area contributed by atoms with Crippen molar-refractivity contribution in [1.29, 1.82) is 0 Å². The zero-order chi connectivity index (χ0) is 13.5. The summed E-state index contributed by atoms with van der Waals surface area (Å²) in [7, 11) is -14.1. The molecule has 0 fully saturated rings.